The Hall–Kier alpha value is -0.360. The van der Waals surface area contributed by atoms with Crippen molar-refractivity contribution in [3.63, 3.8) is 0 Å². The van der Waals surface area contributed by atoms with Crippen LogP contribution in [0.4, 0.5) is 0 Å². The standard InChI is InChI=1S/C11H9Br2NOS/c12-6-3-4-7(13)11(15)9(6)10(14)8-2-1-5-16-8/h1-5,10,15H,14H2/t10-/m0/s1. The summed E-state index contributed by atoms with van der Waals surface area (Å²) in [6.45, 7) is 0. The van der Waals surface area contributed by atoms with Crippen molar-refractivity contribution in [2.24, 2.45) is 5.73 Å². The highest BCUT2D eigenvalue weighted by Crippen LogP contribution is 2.39. The number of aromatic hydroxyl groups is 1. The molecule has 0 bridgehead atoms. The molecule has 0 radical (unpaired) electrons. The summed E-state index contributed by atoms with van der Waals surface area (Å²) in [4.78, 5) is 1.02. The van der Waals surface area contributed by atoms with Gasteiger partial charge >= 0.3 is 0 Å². The van der Waals surface area contributed by atoms with Gasteiger partial charge < -0.3 is 10.8 Å². The molecule has 1 aromatic heterocycles. The Bertz CT molecular complexity index is 499. The topological polar surface area (TPSA) is 46.2 Å². The average Bonchev–Trinajstić information content (AvgIpc) is 2.77. The van der Waals surface area contributed by atoms with Crippen molar-refractivity contribution in [2.75, 3.05) is 0 Å². The maximum Gasteiger partial charge on any atom is 0.136 e. The Morgan fingerprint density at radius 3 is 2.50 bits per heavy atom. The molecule has 1 heterocycles. The molecular weight excluding hydrogens is 354 g/mol. The normalized spacial score (nSPS) is 12.7. The van der Waals surface area contributed by atoms with Crippen LogP contribution >= 0.6 is 43.2 Å². The lowest BCUT2D eigenvalue weighted by atomic mass is 10.1. The van der Waals surface area contributed by atoms with Gasteiger partial charge in [-0.1, -0.05) is 22.0 Å². The van der Waals surface area contributed by atoms with Crippen LogP contribution in [0.25, 0.3) is 0 Å². The van der Waals surface area contributed by atoms with E-state index in [9.17, 15) is 5.11 Å². The molecule has 0 saturated heterocycles. The van der Waals surface area contributed by atoms with Crippen LogP contribution < -0.4 is 5.73 Å². The lowest BCUT2D eigenvalue weighted by Crippen LogP contribution is -2.11. The van der Waals surface area contributed by atoms with E-state index in [4.69, 9.17) is 5.73 Å². The molecule has 0 unspecified atom stereocenters. The third-order valence-corrected chi connectivity index (χ3v) is 4.56. The number of benzene rings is 1. The van der Waals surface area contributed by atoms with E-state index >= 15 is 0 Å². The minimum Gasteiger partial charge on any atom is -0.506 e. The van der Waals surface area contributed by atoms with Gasteiger partial charge in [-0.15, -0.1) is 11.3 Å². The molecule has 1 atom stereocenters. The van der Waals surface area contributed by atoms with Gasteiger partial charge in [-0.25, -0.2) is 0 Å². The molecule has 0 spiro atoms. The van der Waals surface area contributed by atoms with E-state index in [1.807, 2.05) is 23.6 Å². The molecule has 0 aliphatic rings. The Morgan fingerprint density at radius 2 is 1.88 bits per heavy atom. The van der Waals surface area contributed by atoms with E-state index in [2.05, 4.69) is 31.9 Å². The second-order valence-electron chi connectivity index (χ2n) is 3.28. The van der Waals surface area contributed by atoms with Crippen LogP contribution in [0.3, 0.4) is 0 Å². The molecule has 2 nitrogen and oxygen atoms in total. The monoisotopic (exact) mass is 361 g/mol. The summed E-state index contributed by atoms with van der Waals surface area (Å²) in [5.74, 6) is 0.190. The first-order valence-corrected chi connectivity index (χ1v) is 7.03. The van der Waals surface area contributed by atoms with Crippen LogP contribution in [0, 0.1) is 0 Å². The number of thiophene rings is 1. The number of rotatable bonds is 2. The van der Waals surface area contributed by atoms with Gasteiger partial charge in [0.25, 0.3) is 0 Å². The van der Waals surface area contributed by atoms with E-state index < -0.39 is 0 Å². The van der Waals surface area contributed by atoms with E-state index in [1.54, 1.807) is 17.4 Å². The van der Waals surface area contributed by atoms with Crippen LogP contribution in [0.5, 0.6) is 5.75 Å². The highest BCUT2D eigenvalue weighted by molar-refractivity contribution is 9.11. The second kappa shape index (κ2) is 4.87. The van der Waals surface area contributed by atoms with E-state index in [-0.39, 0.29) is 11.8 Å². The number of hydrogen-bond donors (Lipinski definition) is 2. The van der Waals surface area contributed by atoms with Crippen LogP contribution in [0.2, 0.25) is 0 Å². The second-order valence-corrected chi connectivity index (χ2v) is 5.97. The molecule has 0 amide bonds. The molecular formula is C11H9Br2NOS. The van der Waals surface area contributed by atoms with Gasteiger partial charge in [0.1, 0.15) is 5.75 Å². The van der Waals surface area contributed by atoms with Gasteiger partial charge in [0, 0.05) is 14.9 Å². The lowest BCUT2D eigenvalue weighted by Gasteiger charge is -2.15. The fraction of sp³-hybridized carbons (Fsp3) is 0.0909. The Labute approximate surface area is 114 Å². The van der Waals surface area contributed by atoms with Gasteiger partial charge in [-0.3, -0.25) is 0 Å². The van der Waals surface area contributed by atoms with Gasteiger partial charge in [-0.2, -0.15) is 0 Å². The van der Waals surface area contributed by atoms with Crippen molar-refractivity contribution in [1.82, 2.24) is 0 Å². The molecule has 0 aliphatic carbocycles. The van der Waals surface area contributed by atoms with Crippen LogP contribution in [-0.4, -0.2) is 5.11 Å². The van der Waals surface area contributed by atoms with Gasteiger partial charge in [0.15, 0.2) is 0 Å². The minimum absolute atomic E-state index is 0.190. The van der Waals surface area contributed by atoms with Crippen molar-refractivity contribution >= 4 is 43.2 Å². The molecule has 84 valence electrons. The summed E-state index contributed by atoms with van der Waals surface area (Å²) in [6, 6.07) is 7.24. The molecule has 0 fully saturated rings. The largest absolute Gasteiger partial charge is 0.506 e. The number of halogens is 2. The molecule has 2 aromatic rings. The molecule has 0 aliphatic heterocycles. The zero-order valence-corrected chi connectivity index (χ0v) is 12.1. The molecule has 0 saturated carbocycles. The Kier molecular flexibility index (Phi) is 3.69. The summed E-state index contributed by atoms with van der Waals surface area (Å²) in [7, 11) is 0. The molecule has 1 aromatic carbocycles. The smallest absolute Gasteiger partial charge is 0.136 e. The summed E-state index contributed by atoms with van der Waals surface area (Å²) in [5, 5.41) is 12.0. The third kappa shape index (κ3) is 2.18. The Balaban J connectivity index is 2.52. The Morgan fingerprint density at radius 1 is 1.19 bits per heavy atom. The fourth-order valence-electron chi connectivity index (χ4n) is 1.46. The first kappa shape index (κ1) is 12.1. The molecule has 5 heteroatoms. The molecule has 16 heavy (non-hydrogen) atoms. The van der Waals surface area contributed by atoms with Gasteiger partial charge in [0.05, 0.1) is 10.5 Å². The van der Waals surface area contributed by atoms with Gasteiger partial charge in [0.2, 0.25) is 0 Å². The summed E-state index contributed by atoms with van der Waals surface area (Å²) in [6.07, 6.45) is 0. The van der Waals surface area contributed by atoms with Crippen LogP contribution in [0.1, 0.15) is 16.5 Å². The number of hydrogen-bond acceptors (Lipinski definition) is 3. The SMILES string of the molecule is N[C@@H](c1cccs1)c1c(Br)ccc(Br)c1O. The summed E-state index contributed by atoms with van der Waals surface area (Å²) < 4.78 is 1.46. The van der Waals surface area contributed by atoms with Crippen LogP contribution in [0.15, 0.2) is 38.6 Å². The van der Waals surface area contributed by atoms with E-state index in [0.29, 0.717) is 10.0 Å². The fourth-order valence-corrected chi connectivity index (χ4v) is 3.11. The maximum atomic E-state index is 10.00. The molecule has 3 N–H and O–H groups in total. The van der Waals surface area contributed by atoms with E-state index in [1.165, 1.54) is 0 Å². The summed E-state index contributed by atoms with van der Waals surface area (Å²) in [5.41, 5.74) is 6.84. The summed E-state index contributed by atoms with van der Waals surface area (Å²) >= 11 is 8.28. The average molecular weight is 363 g/mol. The van der Waals surface area contributed by atoms with Crippen molar-refractivity contribution in [2.45, 2.75) is 6.04 Å². The minimum atomic E-state index is -0.313. The molecule has 2 rings (SSSR count). The van der Waals surface area contributed by atoms with Crippen molar-refractivity contribution in [3.05, 3.63) is 49.0 Å². The number of phenolic OH excluding ortho intramolecular Hbond substituents is 1. The van der Waals surface area contributed by atoms with Gasteiger partial charge in [-0.05, 0) is 39.5 Å². The van der Waals surface area contributed by atoms with E-state index in [0.717, 1.165) is 9.35 Å². The zero-order valence-electron chi connectivity index (χ0n) is 8.15. The highest BCUT2D eigenvalue weighted by Gasteiger charge is 2.19. The predicted molar refractivity (Wildman–Crippen MR) is 73.9 cm³/mol. The predicted octanol–water partition coefficient (Wildman–Crippen LogP) is 4.03. The van der Waals surface area contributed by atoms with Crippen LogP contribution in [-0.2, 0) is 0 Å². The van der Waals surface area contributed by atoms with Crippen molar-refractivity contribution in [1.29, 1.82) is 0 Å². The van der Waals surface area contributed by atoms with Crippen molar-refractivity contribution in [3.8, 4) is 5.75 Å². The lowest BCUT2D eigenvalue weighted by molar-refractivity contribution is 0.461. The number of phenols is 1. The first-order valence-electron chi connectivity index (χ1n) is 4.57. The third-order valence-electron chi connectivity index (χ3n) is 2.28. The maximum absolute atomic E-state index is 10.00. The first-order chi connectivity index (χ1) is 7.61. The quantitative estimate of drug-likeness (QED) is 0.847. The number of nitrogens with two attached hydrogens (primary N) is 1. The zero-order chi connectivity index (χ0) is 11.7. The van der Waals surface area contributed by atoms with Crippen molar-refractivity contribution < 1.29 is 5.11 Å². The highest BCUT2D eigenvalue weighted by atomic mass is 79.9.